The van der Waals surface area contributed by atoms with Gasteiger partial charge in [-0.25, -0.2) is 0 Å². The van der Waals surface area contributed by atoms with Gasteiger partial charge < -0.3 is 9.84 Å². The van der Waals surface area contributed by atoms with Crippen LogP contribution in [0, 0.1) is 6.92 Å². The van der Waals surface area contributed by atoms with Gasteiger partial charge in [-0.1, -0.05) is 5.16 Å². The van der Waals surface area contributed by atoms with Gasteiger partial charge in [-0.3, -0.25) is 0 Å². The molecule has 1 aromatic heterocycles. The van der Waals surface area contributed by atoms with E-state index in [0.29, 0.717) is 17.9 Å². The van der Waals surface area contributed by atoms with Crippen molar-refractivity contribution < 1.29 is 4.52 Å². The van der Waals surface area contributed by atoms with Crippen molar-refractivity contribution in [3.63, 3.8) is 0 Å². The summed E-state index contributed by atoms with van der Waals surface area (Å²) in [5.74, 6) is 1.81. The maximum Gasteiger partial charge on any atom is 0.321 e. The van der Waals surface area contributed by atoms with Gasteiger partial charge in [0, 0.05) is 6.04 Å². The van der Waals surface area contributed by atoms with Gasteiger partial charge in [0.2, 0.25) is 0 Å². The molecule has 74 valence electrons. The molecule has 1 atom stereocenters. The highest BCUT2D eigenvalue weighted by molar-refractivity contribution is 7.98. The summed E-state index contributed by atoms with van der Waals surface area (Å²) in [5.41, 5.74) is 0. The van der Waals surface area contributed by atoms with Crippen molar-refractivity contribution in [2.24, 2.45) is 0 Å². The minimum absolute atomic E-state index is 0.382. The van der Waals surface area contributed by atoms with E-state index in [0.717, 1.165) is 12.2 Å². The number of aromatic nitrogens is 2. The van der Waals surface area contributed by atoms with Crippen LogP contribution in [-0.4, -0.2) is 28.2 Å². The lowest BCUT2D eigenvalue weighted by atomic mass is 10.3. The number of anilines is 1. The van der Waals surface area contributed by atoms with E-state index < -0.39 is 0 Å². The first kappa shape index (κ1) is 10.4. The zero-order valence-electron chi connectivity index (χ0n) is 8.20. The van der Waals surface area contributed by atoms with Crippen molar-refractivity contribution in [1.29, 1.82) is 0 Å². The van der Waals surface area contributed by atoms with Crippen LogP contribution in [0.1, 0.15) is 19.2 Å². The third-order valence-electron chi connectivity index (χ3n) is 1.65. The Morgan fingerprint density at radius 3 is 2.92 bits per heavy atom. The number of hydrogen-bond acceptors (Lipinski definition) is 5. The number of hydrogen-bond donors (Lipinski definition) is 1. The second-order valence-electron chi connectivity index (χ2n) is 2.97. The highest BCUT2D eigenvalue weighted by Gasteiger charge is 2.06. The Morgan fingerprint density at radius 2 is 2.38 bits per heavy atom. The Kier molecular flexibility index (Phi) is 4.08. The quantitative estimate of drug-likeness (QED) is 0.789. The summed E-state index contributed by atoms with van der Waals surface area (Å²) in [6.07, 6.45) is 3.20. The summed E-state index contributed by atoms with van der Waals surface area (Å²) < 4.78 is 4.94. The molecule has 0 aliphatic rings. The highest BCUT2D eigenvalue weighted by atomic mass is 32.2. The van der Waals surface area contributed by atoms with Crippen molar-refractivity contribution in [2.75, 3.05) is 17.3 Å². The van der Waals surface area contributed by atoms with Crippen LogP contribution >= 0.6 is 11.8 Å². The van der Waals surface area contributed by atoms with E-state index in [1.165, 1.54) is 0 Å². The lowest BCUT2D eigenvalue weighted by molar-refractivity contribution is 0.422. The molecule has 1 rings (SSSR count). The standard InChI is InChI=1S/C8H15N3OS/c1-6(4-5-13-3)9-8-10-7(2)11-12-8/h6H,4-5H2,1-3H3,(H,9,10,11). The molecule has 0 bridgehead atoms. The van der Waals surface area contributed by atoms with Gasteiger partial charge >= 0.3 is 6.01 Å². The van der Waals surface area contributed by atoms with Crippen LogP contribution in [0.15, 0.2) is 4.52 Å². The van der Waals surface area contributed by atoms with Crippen molar-refractivity contribution >= 4 is 17.8 Å². The fourth-order valence-electron chi connectivity index (χ4n) is 0.933. The molecular weight excluding hydrogens is 186 g/mol. The molecule has 1 N–H and O–H groups in total. The molecule has 0 aromatic carbocycles. The van der Waals surface area contributed by atoms with E-state index in [9.17, 15) is 0 Å². The summed E-state index contributed by atoms with van der Waals surface area (Å²) >= 11 is 1.84. The maximum absolute atomic E-state index is 4.94. The minimum atomic E-state index is 0.382. The fraction of sp³-hybridized carbons (Fsp3) is 0.750. The molecule has 1 heterocycles. The number of aryl methyl sites for hydroxylation is 1. The predicted octanol–water partition coefficient (Wildman–Crippen LogP) is 1.93. The Balaban J connectivity index is 2.31. The molecule has 4 nitrogen and oxygen atoms in total. The van der Waals surface area contributed by atoms with E-state index in [1.807, 2.05) is 11.8 Å². The third-order valence-corrected chi connectivity index (χ3v) is 2.30. The summed E-state index contributed by atoms with van der Waals surface area (Å²) in [4.78, 5) is 4.06. The van der Waals surface area contributed by atoms with Crippen LogP contribution < -0.4 is 5.32 Å². The van der Waals surface area contributed by atoms with E-state index in [4.69, 9.17) is 4.52 Å². The third kappa shape index (κ3) is 3.67. The lowest BCUT2D eigenvalue weighted by Gasteiger charge is -2.09. The summed E-state index contributed by atoms with van der Waals surface area (Å²) in [5, 5.41) is 6.84. The van der Waals surface area contributed by atoms with Crippen molar-refractivity contribution in [1.82, 2.24) is 10.1 Å². The summed E-state index contributed by atoms with van der Waals surface area (Å²) in [6.45, 7) is 3.91. The number of rotatable bonds is 5. The zero-order chi connectivity index (χ0) is 9.68. The molecule has 0 radical (unpaired) electrons. The van der Waals surface area contributed by atoms with Crippen molar-refractivity contribution in [2.45, 2.75) is 26.3 Å². The largest absolute Gasteiger partial charge is 0.335 e. The van der Waals surface area contributed by atoms with E-state index in [-0.39, 0.29) is 0 Å². The van der Waals surface area contributed by atoms with Gasteiger partial charge in [0.15, 0.2) is 5.82 Å². The van der Waals surface area contributed by atoms with E-state index in [2.05, 4.69) is 28.6 Å². The lowest BCUT2D eigenvalue weighted by Crippen LogP contribution is -2.16. The number of nitrogens with zero attached hydrogens (tertiary/aromatic N) is 2. The molecule has 0 saturated carbocycles. The van der Waals surface area contributed by atoms with Crippen molar-refractivity contribution in [3.05, 3.63) is 5.82 Å². The average molecular weight is 201 g/mol. The second-order valence-corrected chi connectivity index (χ2v) is 3.96. The molecule has 13 heavy (non-hydrogen) atoms. The highest BCUT2D eigenvalue weighted by Crippen LogP contribution is 2.07. The smallest absolute Gasteiger partial charge is 0.321 e. The molecule has 5 heteroatoms. The predicted molar refractivity (Wildman–Crippen MR) is 55.1 cm³/mol. The number of nitrogens with one attached hydrogen (secondary N) is 1. The summed E-state index contributed by atoms with van der Waals surface area (Å²) in [6, 6.07) is 0.901. The molecule has 0 spiro atoms. The first-order valence-corrected chi connectivity index (χ1v) is 5.67. The van der Waals surface area contributed by atoms with E-state index >= 15 is 0 Å². The Bertz CT molecular complexity index is 251. The molecule has 1 aromatic rings. The van der Waals surface area contributed by atoms with E-state index in [1.54, 1.807) is 6.92 Å². The minimum Gasteiger partial charge on any atom is -0.335 e. The normalized spacial score (nSPS) is 12.8. The molecule has 0 aliphatic heterocycles. The first-order chi connectivity index (χ1) is 6.22. The SMILES string of the molecule is CSCCC(C)Nc1nc(C)no1. The van der Waals surface area contributed by atoms with Crippen LogP contribution in [0.3, 0.4) is 0 Å². The molecule has 0 fully saturated rings. The van der Waals surface area contributed by atoms with Crippen LogP contribution in [0.2, 0.25) is 0 Å². The zero-order valence-corrected chi connectivity index (χ0v) is 9.02. The topological polar surface area (TPSA) is 51.0 Å². The first-order valence-electron chi connectivity index (χ1n) is 4.28. The molecule has 0 saturated heterocycles. The van der Waals surface area contributed by atoms with Gasteiger partial charge in [0.05, 0.1) is 0 Å². The van der Waals surface area contributed by atoms with Crippen LogP contribution in [-0.2, 0) is 0 Å². The Morgan fingerprint density at radius 1 is 1.62 bits per heavy atom. The number of thioether (sulfide) groups is 1. The maximum atomic E-state index is 4.94. The van der Waals surface area contributed by atoms with Gasteiger partial charge in [-0.2, -0.15) is 16.7 Å². The van der Waals surface area contributed by atoms with Gasteiger partial charge in [0.25, 0.3) is 0 Å². The average Bonchev–Trinajstić information content (AvgIpc) is 2.48. The molecule has 1 unspecified atom stereocenters. The molecular formula is C8H15N3OS. The Hall–Kier alpha value is -0.710. The molecule has 0 aliphatic carbocycles. The van der Waals surface area contributed by atoms with Crippen molar-refractivity contribution in [3.8, 4) is 0 Å². The van der Waals surface area contributed by atoms with Gasteiger partial charge in [0.1, 0.15) is 0 Å². The van der Waals surface area contributed by atoms with Gasteiger partial charge in [-0.05, 0) is 32.3 Å². The monoisotopic (exact) mass is 201 g/mol. The van der Waals surface area contributed by atoms with Crippen LogP contribution in [0.5, 0.6) is 0 Å². The second kappa shape index (κ2) is 5.11. The van der Waals surface area contributed by atoms with Crippen LogP contribution in [0.4, 0.5) is 6.01 Å². The van der Waals surface area contributed by atoms with Crippen LogP contribution in [0.25, 0.3) is 0 Å². The fourth-order valence-corrected chi connectivity index (χ4v) is 1.52. The summed E-state index contributed by atoms with van der Waals surface area (Å²) in [7, 11) is 0. The Labute approximate surface area is 82.5 Å². The van der Waals surface area contributed by atoms with Gasteiger partial charge in [-0.15, -0.1) is 0 Å². The molecule has 0 amide bonds.